The van der Waals surface area contributed by atoms with Crippen LogP contribution in [0, 0.1) is 11.3 Å². The Kier molecular flexibility index (Phi) is 8.10. The number of nitrogens with one attached hydrogen (secondary N) is 1. The maximum atomic E-state index is 12.7. The van der Waals surface area contributed by atoms with Gasteiger partial charge in [0.1, 0.15) is 6.04 Å². The highest BCUT2D eigenvalue weighted by Crippen LogP contribution is 2.22. The van der Waals surface area contributed by atoms with Gasteiger partial charge in [0.15, 0.2) is 0 Å². The lowest BCUT2D eigenvalue weighted by Gasteiger charge is -2.32. The van der Waals surface area contributed by atoms with Gasteiger partial charge in [-0.05, 0) is 49.9 Å². The molecule has 0 unspecified atom stereocenters. The number of carbonyl (C=O) groups is 1. The number of rotatable bonds is 5. The number of benzene rings is 1. The minimum Gasteiger partial charge on any atom is -0.326 e. The molecule has 0 aromatic heterocycles. The van der Waals surface area contributed by atoms with Crippen molar-refractivity contribution < 1.29 is 13.2 Å². The third-order valence-electron chi connectivity index (χ3n) is 5.17. The number of nitriles is 1. The second-order valence-electron chi connectivity index (χ2n) is 6.89. The standard InChI is InChI=1S/C18H23ClN4O3S.ClH/c19-14-3-5-17(6-4-14)27(25,26)22-10-7-15(8-11-22)21-13-18(24)23-9-1-2-16(23)12-20;/h3-6,15-16,21H,1-2,7-11,13H2;1H/t16-;/m0./s1. The lowest BCUT2D eigenvalue weighted by molar-refractivity contribution is -0.130. The van der Waals surface area contributed by atoms with E-state index in [0.29, 0.717) is 37.5 Å². The summed E-state index contributed by atoms with van der Waals surface area (Å²) in [6.07, 6.45) is 2.89. The van der Waals surface area contributed by atoms with Gasteiger partial charge in [0.05, 0.1) is 17.5 Å². The van der Waals surface area contributed by atoms with Crippen molar-refractivity contribution >= 4 is 39.9 Å². The van der Waals surface area contributed by atoms with Gasteiger partial charge in [-0.1, -0.05) is 11.6 Å². The normalized spacial score (nSPS) is 21.1. The molecule has 3 rings (SSSR count). The van der Waals surface area contributed by atoms with Gasteiger partial charge in [0.25, 0.3) is 0 Å². The van der Waals surface area contributed by atoms with E-state index in [1.165, 1.54) is 16.4 Å². The van der Waals surface area contributed by atoms with Gasteiger partial charge in [-0.25, -0.2) is 8.42 Å². The van der Waals surface area contributed by atoms with E-state index in [9.17, 15) is 13.2 Å². The molecule has 2 fully saturated rings. The minimum absolute atomic E-state index is 0. The Morgan fingerprint density at radius 2 is 1.82 bits per heavy atom. The van der Waals surface area contributed by atoms with Crippen LogP contribution in [-0.4, -0.2) is 61.8 Å². The molecule has 1 atom stereocenters. The first-order valence-corrected chi connectivity index (χ1v) is 10.9. The zero-order chi connectivity index (χ0) is 19.4. The molecule has 1 amide bonds. The molecule has 28 heavy (non-hydrogen) atoms. The van der Waals surface area contributed by atoms with E-state index in [2.05, 4.69) is 11.4 Å². The van der Waals surface area contributed by atoms with Crippen LogP contribution in [0.3, 0.4) is 0 Å². The molecule has 0 bridgehead atoms. The van der Waals surface area contributed by atoms with Crippen molar-refractivity contribution in [1.29, 1.82) is 5.26 Å². The van der Waals surface area contributed by atoms with Crippen LogP contribution < -0.4 is 5.32 Å². The quantitative estimate of drug-likeness (QED) is 0.746. The number of hydrogen-bond acceptors (Lipinski definition) is 5. The van der Waals surface area contributed by atoms with Gasteiger partial charge in [-0.15, -0.1) is 12.4 Å². The lowest BCUT2D eigenvalue weighted by Crippen LogP contribution is -2.48. The summed E-state index contributed by atoms with van der Waals surface area (Å²) in [6, 6.07) is 8.12. The number of piperidine rings is 1. The number of likely N-dealkylation sites (tertiary alicyclic amines) is 1. The summed E-state index contributed by atoms with van der Waals surface area (Å²) in [7, 11) is -3.52. The topological polar surface area (TPSA) is 93.5 Å². The average Bonchev–Trinajstić information content (AvgIpc) is 3.16. The molecule has 0 aliphatic carbocycles. The number of hydrogen-bond donors (Lipinski definition) is 1. The van der Waals surface area contributed by atoms with Crippen LogP contribution in [0.5, 0.6) is 0 Å². The molecule has 1 aromatic rings. The molecule has 7 nitrogen and oxygen atoms in total. The zero-order valence-corrected chi connectivity index (χ0v) is 17.8. The van der Waals surface area contributed by atoms with Crippen molar-refractivity contribution in [3.8, 4) is 6.07 Å². The molecule has 2 heterocycles. The molecule has 1 N–H and O–H groups in total. The summed E-state index contributed by atoms with van der Waals surface area (Å²) < 4.78 is 26.8. The third-order valence-corrected chi connectivity index (χ3v) is 7.33. The predicted octanol–water partition coefficient (Wildman–Crippen LogP) is 2.02. The second kappa shape index (κ2) is 9.90. The summed E-state index contributed by atoms with van der Waals surface area (Å²) in [5.41, 5.74) is 0. The Hall–Kier alpha value is -1.37. The Bertz CT molecular complexity index is 818. The Morgan fingerprint density at radius 3 is 2.43 bits per heavy atom. The molecular weight excluding hydrogens is 423 g/mol. The highest BCUT2D eigenvalue weighted by atomic mass is 35.5. The zero-order valence-electron chi connectivity index (χ0n) is 15.4. The maximum absolute atomic E-state index is 12.7. The van der Waals surface area contributed by atoms with E-state index in [4.69, 9.17) is 16.9 Å². The number of sulfonamides is 1. The van der Waals surface area contributed by atoms with Crippen molar-refractivity contribution in [2.75, 3.05) is 26.2 Å². The molecule has 10 heteroatoms. The summed E-state index contributed by atoms with van der Waals surface area (Å²) in [6.45, 7) is 1.63. The fourth-order valence-corrected chi connectivity index (χ4v) is 5.18. The number of amides is 1. The fourth-order valence-electron chi connectivity index (χ4n) is 3.59. The van der Waals surface area contributed by atoms with Crippen molar-refractivity contribution in [2.45, 2.75) is 42.7 Å². The Labute approximate surface area is 177 Å². The van der Waals surface area contributed by atoms with Gasteiger partial charge in [0.2, 0.25) is 15.9 Å². The van der Waals surface area contributed by atoms with Crippen molar-refractivity contribution in [2.24, 2.45) is 0 Å². The summed E-state index contributed by atoms with van der Waals surface area (Å²) >= 11 is 5.83. The largest absolute Gasteiger partial charge is 0.326 e. The van der Waals surface area contributed by atoms with Crippen LogP contribution in [0.25, 0.3) is 0 Å². The fraction of sp³-hybridized carbons (Fsp3) is 0.556. The number of carbonyl (C=O) groups excluding carboxylic acids is 1. The smallest absolute Gasteiger partial charge is 0.243 e. The predicted molar refractivity (Wildman–Crippen MR) is 109 cm³/mol. The molecular formula is C18H24Cl2N4O3S. The lowest BCUT2D eigenvalue weighted by atomic mass is 10.1. The van der Waals surface area contributed by atoms with Gasteiger partial charge >= 0.3 is 0 Å². The van der Waals surface area contributed by atoms with E-state index >= 15 is 0 Å². The van der Waals surface area contributed by atoms with Crippen LogP contribution in [0.15, 0.2) is 29.2 Å². The number of halogens is 2. The van der Waals surface area contributed by atoms with Gasteiger partial charge in [-0.3, -0.25) is 4.79 Å². The monoisotopic (exact) mass is 446 g/mol. The molecule has 2 aliphatic heterocycles. The highest BCUT2D eigenvalue weighted by Gasteiger charge is 2.31. The van der Waals surface area contributed by atoms with Crippen LogP contribution in [-0.2, 0) is 14.8 Å². The first-order valence-electron chi connectivity index (χ1n) is 9.10. The van der Waals surface area contributed by atoms with Gasteiger partial charge in [0, 0.05) is 30.7 Å². The van der Waals surface area contributed by atoms with Crippen molar-refractivity contribution in [3.05, 3.63) is 29.3 Å². The molecule has 1 aromatic carbocycles. The SMILES string of the molecule is Cl.N#C[C@@H]1CCCN1C(=O)CNC1CCN(S(=O)(=O)c2ccc(Cl)cc2)CC1. The molecule has 0 spiro atoms. The van der Waals surface area contributed by atoms with E-state index in [1.807, 2.05) is 0 Å². The number of nitrogens with zero attached hydrogens (tertiary/aromatic N) is 3. The van der Waals surface area contributed by atoms with E-state index in [1.54, 1.807) is 17.0 Å². The van der Waals surface area contributed by atoms with E-state index < -0.39 is 10.0 Å². The second-order valence-corrected chi connectivity index (χ2v) is 9.26. The van der Waals surface area contributed by atoms with E-state index in [-0.39, 0.29) is 41.8 Å². The third kappa shape index (κ3) is 5.16. The van der Waals surface area contributed by atoms with E-state index in [0.717, 1.165) is 12.8 Å². The highest BCUT2D eigenvalue weighted by molar-refractivity contribution is 7.89. The molecule has 0 radical (unpaired) electrons. The van der Waals surface area contributed by atoms with Crippen LogP contribution in [0.4, 0.5) is 0 Å². The van der Waals surface area contributed by atoms with Crippen LogP contribution in [0.1, 0.15) is 25.7 Å². The molecule has 154 valence electrons. The molecule has 0 saturated carbocycles. The van der Waals surface area contributed by atoms with Crippen LogP contribution in [0.2, 0.25) is 5.02 Å². The van der Waals surface area contributed by atoms with Crippen molar-refractivity contribution in [1.82, 2.24) is 14.5 Å². The minimum atomic E-state index is -3.52. The van der Waals surface area contributed by atoms with Gasteiger partial charge in [-0.2, -0.15) is 9.57 Å². The Balaban J connectivity index is 0.00000280. The first-order chi connectivity index (χ1) is 12.9. The van der Waals surface area contributed by atoms with Gasteiger partial charge < -0.3 is 10.2 Å². The first kappa shape index (κ1) is 22.9. The average molecular weight is 447 g/mol. The summed E-state index contributed by atoms with van der Waals surface area (Å²) in [5.74, 6) is -0.0599. The molecule has 2 aliphatic rings. The maximum Gasteiger partial charge on any atom is 0.243 e. The molecule has 2 saturated heterocycles. The van der Waals surface area contributed by atoms with Crippen molar-refractivity contribution in [3.63, 3.8) is 0 Å². The Morgan fingerprint density at radius 1 is 1.18 bits per heavy atom. The van der Waals surface area contributed by atoms with Crippen LogP contribution >= 0.6 is 24.0 Å². The summed E-state index contributed by atoms with van der Waals surface area (Å²) in [4.78, 5) is 14.2. The summed E-state index contributed by atoms with van der Waals surface area (Å²) in [5, 5.41) is 12.8.